The molecule has 11 heteroatoms. The lowest BCUT2D eigenvalue weighted by molar-refractivity contribution is -0.145. The molecule has 2 aromatic heterocycles. The number of carbonyl (C=O) groups excluding carboxylic acids is 1. The molecule has 2 aromatic carbocycles. The summed E-state index contributed by atoms with van der Waals surface area (Å²) in [7, 11) is 1.25. The predicted molar refractivity (Wildman–Crippen MR) is 145 cm³/mol. The predicted octanol–water partition coefficient (Wildman–Crippen LogP) is 4.79. The number of benzene rings is 2. The van der Waals surface area contributed by atoms with Gasteiger partial charge in [-0.3, -0.25) is 18.7 Å². The minimum atomic E-state index is -0.691. The highest BCUT2D eigenvalue weighted by Gasteiger charge is 2.19. The van der Waals surface area contributed by atoms with Gasteiger partial charge in [-0.15, -0.1) is 0 Å². The van der Waals surface area contributed by atoms with Crippen LogP contribution in [0.3, 0.4) is 0 Å². The Balaban J connectivity index is 1.62. The summed E-state index contributed by atoms with van der Waals surface area (Å²) in [6.45, 7) is 1.72. The Morgan fingerprint density at radius 3 is 2.44 bits per heavy atom. The van der Waals surface area contributed by atoms with Crippen LogP contribution in [-0.4, -0.2) is 27.2 Å². The minimum absolute atomic E-state index is 0.108. The molecule has 4 aromatic rings. The number of esters is 1. The molecule has 1 atom stereocenters. The van der Waals surface area contributed by atoms with Gasteiger partial charge in [-0.05, 0) is 54.4 Å². The van der Waals surface area contributed by atoms with Gasteiger partial charge in [0.15, 0.2) is 0 Å². The number of nitrogens with zero attached hydrogens (tertiary/aromatic N) is 3. The van der Waals surface area contributed by atoms with Crippen LogP contribution in [0.4, 0.5) is 15.9 Å². The molecule has 0 unspecified atom stereocenters. The number of hydrogen-bond acceptors (Lipinski definition) is 7. The van der Waals surface area contributed by atoms with Crippen LogP contribution in [0, 0.1) is 11.9 Å². The topological polar surface area (TPSA) is 104 Å². The molecule has 0 fully saturated rings. The third-order valence-corrected chi connectivity index (χ3v) is 6.17. The molecule has 4 rings (SSSR count). The van der Waals surface area contributed by atoms with Crippen molar-refractivity contribution < 1.29 is 18.7 Å². The summed E-state index contributed by atoms with van der Waals surface area (Å²) in [5, 5.41) is 3.72. The number of nitrogens with one attached hydrogen (secondary N) is 1. The Labute approximate surface area is 228 Å². The average molecular weight is 553 g/mol. The van der Waals surface area contributed by atoms with Crippen molar-refractivity contribution in [1.82, 2.24) is 14.1 Å². The Bertz CT molecular complexity index is 1570. The molecule has 0 amide bonds. The van der Waals surface area contributed by atoms with Gasteiger partial charge in [0, 0.05) is 35.9 Å². The second kappa shape index (κ2) is 12.4. The van der Waals surface area contributed by atoms with Crippen molar-refractivity contribution in [3.05, 3.63) is 110 Å². The van der Waals surface area contributed by atoms with Gasteiger partial charge >= 0.3 is 11.7 Å². The highest BCUT2D eigenvalue weighted by molar-refractivity contribution is 6.30. The Morgan fingerprint density at radius 1 is 1.05 bits per heavy atom. The summed E-state index contributed by atoms with van der Waals surface area (Å²) in [6.07, 6.45) is 0.490. The first-order chi connectivity index (χ1) is 18.7. The molecule has 0 radical (unpaired) electrons. The second-order valence-corrected chi connectivity index (χ2v) is 9.20. The summed E-state index contributed by atoms with van der Waals surface area (Å²) in [4.78, 5) is 42.0. The van der Waals surface area contributed by atoms with Crippen molar-refractivity contribution in [3.8, 4) is 11.6 Å². The Morgan fingerprint density at radius 2 is 1.77 bits per heavy atom. The maximum Gasteiger partial charge on any atom is 0.332 e. The molecule has 0 aliphatic heterocycles. The van der Waals surface area contributed by atoms with Crippen molar-refractivity contribution >= 4 is 29.1 Å². The maximum absolute atomic E-state index is 13.5. The zero-order valence-corrected chi connectivity index (χ0v) is 22.0. The largest absolute Gasteiger partial charge is 0.469 e. The van der Waals surface area contributed by atoms with E-state index < -0.39 is 29.1 Å². The second-order valence-electron chi connectivity index (χ2n) is 8.76. The summed E-state index contributed by atoms with van der Waals surface area (Å²) in [5.41, 5.74) is 0.407. The van der Waals surface area contributed by atoms with E-state index in [0.717, 1.165) is 10.1 Å². The van der Waals surface area contributed by atoms with Gasteiger partial charge in [0.1, 0.15) is 11.6 Å². The van der Waals surface area contributed by atoms with Crippen LogP contribution in [-0.2, 0) is 29.0 Å². The summed E-state index contributed by atoms with van der Waals surface area (Å²) < 4.78 is 26.1. The van der Waals surface area contributed by atoms with E-state index in [1.807, 2.05) is 12.1 Å². The fourth-order valence-corrected chi connectivity index (χ4v) is 3.99. The number of methoxy groups -OCH3 is 1. The standard InChI is InChI=1S/C28H26ClFN4O5/c1-18(27(36)38-2)17-34-26(35)16-24(33(28(34)37)15-14-19-6-8-20(29)9-7-19)31-21-10-12-22(13-11-21)39-25-5-3-4-23(30)32-25/h3-13,16,18,31H,14-15,17H2,1-2H3/t18-/m0/s1. The molecular formula is C28H26ClFN4O5. The van der Waals surface area contributed by atoms with Gasteiger partial charge in [0.05, 0.1) is 13.0 Å². The number of anilines is 2. The maximum atomic E-state index is 13.5. The van der Waals surface area contributed by atoms with Gasteiger partial charge in [0.2, 0.25) is 11.8 Å². The van der Waals surface area contributed by atoms with Gasteiger partial charge in [-0.1, -0.05) is 36.7 Å². The zero-order valence-electron chi connectivity index (χ0n) is 21.3. The average Bonchev–Trinajstić information content (AvgIpc) is 2.92. The molecular weight excluding hydrogens is 527 g/mol. The first-order valence-corrected chi connectivity index (χ1v) is 12.5. The molecule has 39 heavy (non-hydrogen) atoms. The van der Waals surface area contributed by atoms with Crippen molar-refractivity contribution in [1.29, 1.82) is 0 Å². The van der Waals surface area contributed by atoms with E-state index in [9.17, 15) is 18.8 Å². The van der Waals surface area contributed by atoms with Crippen molar-refractivity contribution in [2.24, 2.45) is 5.92 Å². The lowest BCUT2D eigenvalue weighted by Gasteiger charge is -2.18. The lowest BCUT2D eigenvalue weighted by Crippen LogP contribution is -2.42. The molecule has 0 saturated heterocycles. The fraction of sp³-hybridized carbons (Fsp3) is 0.214. The fourth-order valence-electron chi connectivity index (χ4n) is 3.87. The third-order valence-electron chi connectivity index (χ3n) is 5.91. The normalized spacial score (nSPS) is 11.6. The highest BCUT2D eigenvalue weighted by atomic mass is 35.5. The van der Waals surface area contributed by atoms with Gasteiger partial charge in [-0.25, -0.2) is 4.79 Å². The molecule has 0 aliphatic carbocycles. The molecule has 2 heterocycles. The Hall–Kier alpha value is -4.44. The summed E-state index contributed by atoms with van der Waals surface area (Å²) >= 11 is 5.99. The van der Waals surface area contributed by atoms with Crippen LogP contribution in [0.1, 0.15) is 12.5 Å². The van der Waals surface area contributed by atoms with Crippen LogP contribution in [0.5, 0.6) is 11.6 Å². The van der Waals surface area contributed by atoms with Gasteiger partial charge in [0.25, 0.3) is 5.56 Å². The quantitative estimate of drug-likeness (QED) is 0.223. The van der Waals surface area contributed by atoms with Crippen molar-refractivity contribution in [3.63, 3.8) is 0 Å². The Kier molecular flexibility index (Phi) is 8.77. The molecule has 0 spiro atoms. The number of pyridine rings is 1. The number of hydrogen-bond donors (Lipinski definition) is 1. The van der Waals surface area contributed by atoms with E-state index in [-0.39, 0.29) is 24.8 Å². The number of rotatable bonds is 10. The summed E-state index contributed by atoms with van der Waals surface area (Å²) in [6, 6.07) is 19.5. The van der Waals surface area contributed by atoms with Crippen LogP contribution in [0.2, 0.25) is 5.02 Å². The van der Waals surface area contributed by atoms with E-state index in [0.29, 0.717) is 22.9 Å². The van der Waals surface area contributed by atoms with E-state index in [2.05, 4.69) is 10.3 Å². The van der Waals surface area contributed by atoms with Crippen molar-refractivity contribution in [2.75, 3.05) is 12.4 Å². The number of aromatic nitrogens is 3. The van der Waals surface area contributed by atoms with E-state index >= 15 is 0 Å². The monoisotopic (exact) mass is 552 g/mol. The summed E-state index contributed by atoms with van der Waals surface area (Å²) in [5.74, 6) is -1.06. The molecule has 0 aliphatic rings. The van der Waals surface area contributed by atoms with E-state index in [1.54, 1.807) is 43.3 Å². The van der Waals surface area contributed by atoms with Crippen LogP contribution in [0.25, 0.3) is 0 Å². The first kappa shape index (κ1) is 27.6. The highest BCUT2D eigenvalue weighted by Crippen LogP contribution is 2.23. The zero-order chi connectivity index (χ0) is 27.9. The SMILES string of the molecule is COC(=O)[C@@H](C)Cn1c(=O)cc(Nc2ccc(Oc3cccc(F)n3)cc2)n(CCc2ccc(Cl)cc2)c1=O. The molecule has 202 valence electrons. The molecule has 1 N–H and O–H groups in total. The first-order valence-electron chi connectivity index (χ1n) is 12.1. The molecule has 0 saturated carbocycles. The van der Waals surface area contributed by atoms with Gasteiger partial charge < -0.3 is 14.8 Å². The number of aryl methyl sites for hydroxylation is 1. The van der Waals surface area contributed by atoms with E-state index in [1.165, 1.54) is 35.9 Å². The lowest BCUT2D eigenvalue weighted by atomic mass is 10.1. The minimum Gasteiger partial charge on any atom is -0.469 e. The number of carbonyl (C=O) groups is 1. The van der Waals surface area contributed by atoms with Crippen LogP contribution >= 0.6 is 11.6 Å². The number of halogens is 2. The molecule has 9 nitrogen and oxygen atoms in total. The van der Waals surface area contributed by atoms with Crippen LogP contribution in [0.15, 0.2) is 82.4 Å². The third kappa shape index (κ3) is 7.11. The van der Waals surface area contributed by atoms with Gasteiger partial charge in [-0.2, -0.15) is 9.37 Å². The molecule has 0 bridgehead atoms. The van der Waals surface area contributed by atoms with E-state index in [4.69, 9.17) is 21.1 Å². The van der Waals surface area contributed by atoms with Crippen molar-refractivity contribution in [2.45, 2.75) is 26.4 Å². The smallest absolute Gasteiger partial charge is 0.332 e. The number of ether oxygens (including phenoxy) is 2. The van der Waals surface area contributed by atoms with Crippen LogP contribution < -0.4 is 21.3 Å².